The van der Waals surface area contributed by atoms with Gasteiger partial charge in [-0.3, -0.25) is 0 Å². The van der Waals surface area contributed by atoms with E-state index in [0.29, 0.717) is 0 Å². The maximum absolute atomic E-state index is 12.4. The maximum Gasteiger partial charge on any atom is 0.225 e. The Labute approximate surface area is 117 Å². The first-order valence-corrected chi connectivity index (χ1v) is 7.56. The molecular weight excluding hydrogens is 272 g/mol. The van der Waals surface area contributed by atoms with Crippen molar-refractivity contribution in [3.05, 3.63) is 73.2 Å². The van der Waals surface area contributed by atoms with Crippen molar-refractivity contribution >= 4 is 9.84 Å². The number of aromatic nitrogens is 2. The minimum atomic E-state index is -3.56. The topological polar surface area (TPSA) is 52.0 Å². The molecule has 0 fully saturated rings. The molecule has 3 rings (SSSR count). The second-order valence-electron chi connectivity index (χ2n) is 4.27. The van der Waals surface area contributed by atoms with Gasteiger partial charge < -0.3 is 4.57 Å². The molecule has 0 unspecified atom stereocenters. The monoisotopic (exact) mass is 284 g/mol. The Morgan fingerprint density at radius 3 is 2.10 bits per heavy atom. The van der Waals surface area contributed by atoms with Crippen molar-refractivity contribution in [3.8, 4) is 5.69 Å². The number of benzene rings is 2. The summed E-state index contributed by atoms with van der Waals surface area (Å²) in [6.45, 7) is 0. The van der Waals surface area contributed by atoms with Crippen molar-refractivity contribution in [2.24, 2.45) is 0 Å². The first-order chi connectivity index (χ1) is 9.68. The van der Waals surface area contributed by atoms with Gasteiger partial charge in [0.05, 0.1) is 4.90 Å². The highest BCUT2D eigenvalue weighted by molar-refractivity contribution is 7.91. The molecule has 0 N–H and O–H groups in total. The molecule has 0 aliphatic carbocycles. The van der Waals surface area contributed by atoms with Crippen LogP contribution in [0.15, 0.2) is 83.1 Å². The Morgan fingerprint density at radius 1 is 0.850 bits per heavy atom. The fourth-order valence-corrected chi connectivity index (χ4v) is 3.10. The minimum absolute atomic E-state index is 0.0487. The average Bonchev–Trinajstić information content (AvgIpc) is 3.00. The minimum Gasteiger partial charge on any atom is -0.305 e. The summed E-state index contributed by atoms with van der Waals surface area (Å²) in [5.41, 5.74) is 0.870. The van der Waals surface area contributed by atoms with Gasteiger partial charge in [-0.25, -0.2) is 13.4 Å². The molecule has 1 aromatic heterocycles. The fraction of sp³-hybridized carbons (Fsp3) is 0. The van der Waals surface area contributed by atoms with Crippen LogP contribution in [0, 0.1) is 0 Å². The lowest BCUT2D eigenvalue weighted by Gasteiger charge is -2.01. The molecular formula is C15H12N2O2S. The molecule has 0 aliphatic heterocycles. The third-order valence-corrected chi connectivity index (χ3v) is 4.60. The van der Waals surface area contributed by atoms with Gasteiger partial charge in [-0.05, 0) is 24.3 Å². The van der Waals surface area contributed by atoms with Crippen LogP contribution in [0.5, 0.6) is 0 Å². The normalized spacial score (nSPS) is 11.4. The molecule has 0 bridgehead atoms. The Hall–Kier alpha value is -2.40. The molecule has 20 heavy (non-hydrogen) atoms. The second-order valence-corrected chi connectivity index (χ2v) is 6.17. The number of imidazole rings is 1. The summed E-state index contributed by atoms with van der Waals surface area (Å²) in [6.07, 6.45) is 3.03. The molecule has 5 heteroatoms. The standard InChI is InChI=1S/C15H12N2O2S/c18-20(19,14-9-5-2-6-10-14)15-11-17(12-16-15)13-7-3-1-4-8-13/h1-12H. The van der Waals surface area contributed by atoms with Crippen molar-refractivity contribution in [3.63, 3.8) is 0 Å². The largest absolute Gasteiger partial charge is 0.305 e. The molecule has 0 radical (unpaired) electrons. The number of nitrogens with zero attached hydrogens (tertiary/aromatic N) is 2. The maximum atomic E-state index is 12.4. The molecule has 4 nitrogen and oxygen atoms in total. The molecule has 0 saturated heterocycles. The summed E-state index contributed by atoms with van der Waals surface area (Å²) in [6, 6.07) is 17.8. The molecule has 0 aliphatic rings. The van der Waals surface area contributed by atoms with Gasteiger partial charge in [0, 0.05) is 11.9 Å². The van der Waals surface area contributed by atoms with Crippen LogP contribution < -0.4 is 0 Å². The lowest BCUT2D eigenvalue weighted by molar-refractivity contribution is 0.593. The molecule has 100 valence electrons. The highest BCUT2D eigenvalue weighted by Crippen LogP contribution is 2.19. The Bertz CT molecular complexity index is 809. The van der Waals surface area contributed by atoms with Crippen molar-refractivity contribution in [2.45, 2.75) is 9.92 Å². The van der Waals surface area contributed by atoms with E-state index in [2.05, 4.69) is 4.98 Å². The van der Waals surface area contributed by atoms with Gasteiger partial charge in [0.1, 0.15) is 6.33 Å². The first-order valence-electron chi connectivity index (χ1n) is 6.07. The van der Waals surface area contributed by atoms with Crippen LogP contribution in [0.4, 0.5) is 0 Å². The van der Waals surface area contributed by atoms with Crippen LogP contribution in [0.3, 0.4) is 0 Å². The third kappa shape index (κ3) is 2.23. The lowest BCUT2D eigenvalue weighted by atomic mass is 10.3. The summed E-state index contributed by atoms with van der Waals surface area (Å²) in [5, 5.41) is 0.0487. The van der Waals surface area contributed by atoms with E-state index >= 15 is 0 Å². The number of hydrogen-bond acceptors (Lipinski definition) is 3. The highest BCUT2D eigenvalue weighted by Gasteiger charge is 2.20. The molecule has 1 heterocycles. The van der Waals surface area contributed by atoms with Crippen LogP contribution >= 0.6 is 0 Å². The van der Waals surface area contributed by atoms with Gasteiger partial charge in [0.2, 0.25) is 9.84 Å². The van der Waals surface area contributed by atoms with E-state index in [1.165, 1.54) is 12.5 Å². The SMILES string of the molecule is O=S(=O)(c1ccccc1)c1cn(-c2ccccc2)cn1. The zero-order valence-corrected chi connectivity index (χ0v) is 11.4. The van der Waals surface area contributed by atoms with Gasteiger partial charge in [-0.1, -0.05) is 36.4 Å². The fourth-order valence-electron chi connectivity index (χ4n) is 1.91. The van der Waals surface area contributed by atoms with Gasteiger partial charge >= 0.3 is 0 Å². The number of hydrogen-bond donors (Lipinski definition) is 0. The first kappa shape index (κ1) is 12.6. The number of rotatable bonds is 3. The predicted molar refractivity (Wildman–Crippen MR) is 75.5 cm³/mol. The van der Waals surface area contributed by atoms with Gasteiger partial charge in [0.15, 0.2) is 5.03 Å². The van der Waals surface area contributed by atoms with Gasteiger partial charge in [-0.15, -0.1) is 0 Å². The van der Waals surface area contributed by atoms with Crippen LogP contribution in [-0.2, 0) is 9.84 Å². The van der Waals surface area contributed by atoms with E-state index in [1.807, 2.05) is 30.3 Å². The second kappa shape index (κ2) is 4.94. The van der Waals surface area contributed by atoms with Crippen LogP contribution in [0.2, 0.25) is 0 Å². The van der Waals surface area contributed by atoms with Crippen molar-refractivity contribution in [2.75, 3.05) is 0 Å². The van der Waals surface area contributed by atoms with Crippen LogP contribution in [0.25, 0.3) is 5.69 Å². The van der Waals surface area contributed by atoms with Crippen molar-refractivity contribution in [1.29, 1.82) is 0 Å². The van der Waals surface area contributed by atoms with Crippen molar-refractivity contribution < 1.29 is 8.42 Å². The molecule has 0 spiro atoms. The third-order valence-electron chi connectivity index (χ3n) is 2.94. The summed E-state index contributed by atoms with van der Waals surface area (Å²) < 4.78 is 26.5. The Balaban J connectivity index is 2.03. The highest BCUT2D eigenvalue weighted by atomic mass is 32.2. The smallest absolute Gasteiger partial charge is 0.225 e. The molecule has 0 amide bonds. The quantitative estimate of drug-likeness (QED) is 0.743. The number of para-hydroxylation sites is 1. The summed E-state index contributed by atoms with van der Waals surface area (Å²) in [5.74, 6) is 0. The van der Waals surface area contributed by atoms with Gasteiger partial charge in [0.25, 0.3) is 0 Å². The zero-order chi connectivity index (χ0) is 14.0. The van der Waals surface area contributed by atoms with Gasteiger partial charge in [-0.2, -0.15) is 0 Å². The van der Waals surface area contributed by atoms with E-state index in [1.54, 1.807) is 34.9 Å². The Morgan fingerprint density at radius 2 is 1.45 bits per heavy atom. The number of sulfone groups is 1. The molecule has 0 saturated carbocycles. The van der Waals surface area contributed by atoms with E-state index in [9.17, 15) is 8.42 Å². The summed E-state index contributed by atoms with van der Waals surface area (Å²) >= 11 is 0. The lowest BCUT2D eigenvalue weighted by Crippen LogP contribution is -2.02. The van der Waals surface area contributed by atoms with E-state index < -0.39 is 9.84 Å². The van der Waals surface area contributed by atoms with Crippen LogP contribution in [0.1, 0.15) is 0 Å². The van der Waals surface area contributed by atoms with E-state index in [0.717, 1.165) is 5.69 Å². The molecule has 0 atom stereocenters. The summed E-state index contributed by atoms with van der Waals surface area (Å²) in [7, 11) is -3.56. The zero-order valence-electron chi connectivity index (χ0n) is 10.5. The molecule has 2 aromatic carbocycles. The van der Waals surface area contributed by atoms with E-state index in [-0.39, 0.29) is 9.92 Å². The Kier molecular flexibility index (Phi) is 3.12. The van der Waals surface area contributed by atoms with Crippen molar-refractivity contribution in [1.82, 2.24) is 9.55 Å². The summed E-state index contributed by atoms with van der Waals surface area (Å²) in [4.78, 5) is 4.26. The average molecular weight is 284 g/mol. The van der Waals surface area contributed by atoms with E-state index in [4.69, 9.17) is 0 Å². The predicted octanol–water partition coefficient (Wildman–Crippen LogP) is 2.71. The molecule has 3 aromatic rings. The van der Waals surface area contributed by atoms with Crippen LogP contribution in [-0.4, -0.2) is 18.0 Å².